The molecule has 2 nitrogen and oxygen atoms in total. The van der Waals surface area contributed by atoms with Crippen molar-refractivity contribution >= 4 is 31.9 Å². The fourth-order valence-electron chi connectivity index (χ4n) is 1.82. The van der Waals surface area contributed by atoms with E-state index in [0.29, 0.717) is 4.47 Å². The van der Waals surface area contributed by atoms with Gasteiger partial charge in [-0.3, -0.25) is 0 Å². The molecular formula is C14H6Br2F5O2. The maximum atomic E-state index is 12.5. The van der Waals surface area contributed by atoms with Gasteiger partial charge in [-0.2, -0.15) is 8.78 Å². The van der Waals surface area contributed by atoms with Crippen LogP contribution in [0.2, 0.25) is 0 Å². The van der Waals surface area contributed by atoms with E-state index in [1.807, 2.05) is 0 Å². The Labute approximate surface area is 144 Å². The smallest absolute Gasteiger partial charge is 0.435 e. The van der Waals surface area contributed by atoms with Crippen LogP contribution in [0.1, 0.15) is 0 Å². The first kappa shape index (κ1) is 18.0. The third kappa shape index (κ3) is 5.07. The summed E-state index contributed by atoms with van der Waals surface area (Å²) >= 11 is 6.21. The molecule has 2 aromatic rings. The minimum atomic E-state index is -4.91. The van der Waals surface area contributed by atoms with Gasteiger partial charge in [-0.15, -0.1) is 13.2 Å². The van der Waals surface area contributed by atoms with Crippen molar-refractivity contribution in [2.75, 3.05) is 0 Å². The lowest BCUT2D eigenvalue weighted by Gasteiger charge is -2.15. The predicted molar refractivity (Wildman–Crippen MR) is 79.4 cm³/mol. The molecule has 0 unspecified atom stereocenters. The van der Waals surface area contributed by atoms with Crippen molar-refractivity contribution in [3.8, 4) is 22.6 Å². The van der Waals surface area contributed by atoms with Gasteiger partial charge in [0.05, 0.1) is 0 Å². The molecule has 0 saturated heterocycles. The molecule has 0 heterocycles. The van der Waals surface area contributed by atoms with Gasteiger partial charge in [0.1, 0.15) is 11.5 Å². The monoisotopic (exact) mass is 459 g/mol. The van der Waals surface area contributed by atoms with Crippen LogP contribution in [0.5, 0.6) is 11.5 Å². The second kappa shape index (κ2) is 7.04. The van der Waals surface area contributed by atoms with Gasteiger partial charge >= 0.3 is 13.0 Å². The highest BCUT2D eigenvalue weighted by atomic mass is 79.9. The molecule has 1 radical (unpaired) electrons. The number of alkyl halides is 5. The molecule has 23 heavy (non-hydrogen) atoms. The van der Waals surface area contributed by atoms with Crippen molar-refractivity contribution < 1.29 is 31.4 Å². The van der Waals surface area contributed by atoms with Gasteiger partial charge in [-0.25, -0.2) is 0 Å². The molecule has 9 heteroatoms. The standard InChI is InChI=1S/C14H6Br2F5O2/c15-8-4-7(5-9(6-8)22-13(17)18)12-10(16)2-1-3-11(12)23-14(19,20)21/h2-6,13H. The van der Waals surface area contributed by atoms with E-state index in [2.05, 4.69) is 47.4 Å². The Morgan fingerprint density at radius 2 is 1.74 bits per heavy atom. The molecule has 0 aliphatic rings. The normalized spacial score (nSPS) is 11.7. The second-order valence-corrected chi connectivity index (χ2v) is 5.91. The molecule has 0 aliphatic heterocycles. The maximum Gasteiger partial charge on any atom is 0.573 e. The van der Waals surface area contributed by atoms with Crippen LogP contribution in [0, 0.1) is 6.07 Å². The Bertz CT molecular complexity index is 704. The summed E-state index contributed by atoms with van der Waals surface area (Å²) in [5.41, 5.74) is 0.219. The zero-order valence-electron chi connectivity index (χ0n) is 10.9. The van der Waals surface area contributed by atoms with E-state index < -0.39 is 18.7 Å². The molecule has 0 atom stereocenters. The Morgan fingerprint density at radius 3 is 2.35 bits per heavy atom. The molecular weight excluding hydrogens is 455 g/mol. The first-order chi connectivity index (χ1) is 10.7. The predicted octanol–water partition coefficient (Wildman–Crippen LogP) is 6.18. The van der Waals surface area contributed by atoms with Gasteiger partial charge in [0, 0.05) is 14.5 Å². The topological polar surface area (TPSA) is 18.5 Å². The van der Waals surface area contributed by atoms with Gasteiger partial charge < -0.3 is 9.47 Å². The van der Waals surface area contributed by atoms with Gasteiger partial charge in [-0.05, 0) is 57.9 Å². The molecule has 0 bridgehead atoms. The van der Waals surface area contributed by atoms with Crippen molar-refractivity contribution in [1.29, 1.82) is 0 Å². The van der Waals surface area contributed by atoms with Crippen LogP contribution in [0.25, 0.3) is 11.1 Å². The van der Waals surface area contributed by atoms with Gasteiger partial charge in [0.25, 0.3) is 0 Å². The molecule has 0 amide bonds. The van der Waals surface area contributed by atoms with Crippen LogP contribution in [-0.2, 0) is 0 Å². The minimum Gasteiger partial charge on any atom is -0.435 e. The number of rotatable bonds is 4. The zero-order chi connectivity index (χ0) is 17.2. The van der Waals surface area contributed by atoms with E-state index in [4.69, 9.17) is 0 Å². The van der Waals surface area contributed by atoms with Crippen LogP contribution in [0.15, 0.2) is 39.3 Å². The summed E-state index contributed by atoms with van der Waals surface area (Å²) in [5.74, 6) is -0.727. The van der Waals surface area contributed by atoms with E-state index in [1.54, 1.807) is 0 Å². The van der Waals surface area contributed by atoms with E-state index in [1.165, 1.54) is 24.3 Å². The maximum absolute atomic E-state index is 12.5. The number of benzene rings is 2. The molecule has 0 aliphatic carbocycles. The van der Waals surface area contributed by atoms with E-state index in [9.17, 15) is 22.0 Å². The zero-order valence-corrected chi connectivity index (χ0v) is 14.1. The van der Waals surface area contributed by atoms with Crippen LogP contribution in [0.3, 0.4) is 0 Å². The van der Waals surface area contributed by atoms with Crippen LogP contribution < -0.4 is 9.47 Å². The second-order valence-electron chi connectivity index (χ2n) is 4.14. The average Bonchev–Trinajstić information content (AvgIpc) is 2.34. The summed E-state index contributed by atoms with van der Waals surface area (Å²) in [6.45, 7) is -3.06. The highest BCUT2D eigenvalue weighted by Crippen LogP contribution is 2.41. The Kier molecular flexibility index (Phi) is 5.51. The molecule has 0 fully saturated rings. The summed E-state index contributed by atoms with van der Waals surface area (Å²) < 4.78 is 71.1. The van der Waals surface area contributed by atoms with Gasteiger partial charge in [0.15, 0.2) is 0 Å². The number of hydrogen-bond donors (Lipinski definition) is 0. The molecule has 0 N–H and O–H groups in total. The fourth-order valence-corrected chi connectivity index (χ4v) is 2.84. The molecule has 0 aromatic heterocycles. The third-order valence-corrected chi connectivity index (χ3v) is 3.60. The first-order valence-corrected chi connectivity index (χ1v) is 7.45. The van der Waals surface area contributed by atoms with E-state index >= 15 is 0 Å². The molecule has 0 saturated carbocycles. The van der Waals surface area contributed by atoms with Crippen molar-refractivity contribution in [1.82, 2.24) is 0 Å². The summed E-state index contributed by atoms with van der Waals surface area (Å²) in [4.78, 5) is 0. The quantitative estimate of drug-likeness (QED) is 0.507. The number of halogens is 7. The molecule has 2 rings (SSSR count). The summed E-state index contributed by atoms with van der Waals surface area (Å²) in [6.07, 6.45) is -4.91. The van der Waals surface area contributed by atoms with E-state index in [-0.39, 0.29) is 21.3 Å². The van der Waals surface area contributed by atoms with Gasteiger partial charge in [0.2, 0.25) is 0 Å². The van der Waals surface area contributed by atoms with Crippen molar-refractivity contribution in [2.45, 2.75) is 13.0 Å². The lowest BCUT2D eigenvalue weighted by atomic mass is 10.0. The Balaban J connectivity index is 2.55. The number of ether oxygens (including phenoxy) is 2. The third-order valence-electron chi connectivity index (χ3n) is 2.52. The summed E-state index contributed by atoms with van der Waals surface area (Å²) in [7, 11) is 0. The van der Waals surface area contributed by atoms with Crippen LogP contribution >= 0.6 is 31.9 Å². The minimum absolute atomic E-state index is 0.0292. The lowest BCUT2D eigenvalue weighted by Crippen LogP contribution is -2.17. The van der Waals surface area contributed by atoms with Crippen LogP contribution in [-0.4, -0.2) is 13.0 Å². The molecule has 2 aromatic carbocycles. The van der Waals surface area contributed by atoms with Gasteiger partial charge in [-0.1, -0.05) is 15.9 Å². The average molecular weight is 461 g/mol. The SMILES string of the molecule is FC(F)Oc1cc(Br)cc(-c2c(Br)c[c]cc2OC(F)(F)F)c1. The molecule has 0 spiro atoms. The Morgan fingerprint density at radius 1 is 1.04 bits per heavy atom. The Hall–Kier alpha value is -1.35. The number of hydrogen-bond acceptors (Lipinski definition) is 2. The summed E-state index contributed by atoms with van der Waals surface area (Å²) in [5, 5.41) is 0. The molecule has 123 valence electrons. The van der Waals surface area contributed by atoms with Crippen molar-refractivity contribution in [3.63, 3.8) is 0 Å². The highest BCUT2D eigenvalue weighted by Gasteiger charge is 2.32. The summed E-state index contributed by atoms with van der Waals surface area (Å²) in [6, 6.07) is 8.77. The van der Waals surface area contributed by atoms with Crippen LogP contribution in [0.4, 0.5) is 22.0 Å². The fraction of sp³-hybridized carbons (Fsp3) is 0.143. The largest absolute Gasteiger partial charge is 0.573 e. The van der Waals surface area contributed by atoms with E-state index in [0.717, 1.165) is 6.07 Å². The first-order valence-electron chi connectivity index (χ1n) is 5.87. The highest BCUT2D eigenvalue weighted by molar-refractivity contribution is 9.10. The van der Waals surface area contributed by atoms with Crippen molar-refractivity contribution in [2.24, 2.45) is 0 Å². The lowest BCUT2D eigenvalue weighted by molar-refractivity contribution is -0.274. The van der Waals surface area contributed by atoms with Crippen molar-refractivity contribution in [3.05, 3.63) is 45.3 Å².